The molecule has 234 valence electrons. The van der Waals surface area contributed by atoms with Crippen LogP contribution in [-0.4, -0.2) is 77.7 Å². The number of benzene rings is 1. The number of piperidine rings is 2. The van der Waals surface area contributed by atoms with Gasteiger partial charge in [0.25, 0.3) is 11.8 Å². The molecular formula is C32H42F2N4O5. The van der Waals surface area contributed by atoms with E-state index in [0.717, 1.165) is 37.3 Å². The molecule has 2 saturated carbocycles. The molecule has 0 bridgehead atoms. The minimum absolute atomic E-state index is 0.105. The molecule has 4 aliphatic heterocycles. The lowest BCUT2D eigenvalue weighted by molar-refractivity contribution is -0.137. The molecule has 2 aliphatic carbocycles. The zero-order valence-electron chi connectivity index (χ0n) is 24.6. The third kappa shape index (κ3) is 7.19. The Balaban J connectivity index is 0.000000174. The highest BCUT2D eigenvalue weighted by molar-refractivity contribution is 6.05. The van der Waals surface area contributed by atoms with Gasteiger partial charge in [0.1, 0.15) is 17.9 Å². The van der Waals surface area contributed by atoms with Crippen LogP contribution in [0.5, 0.6) is 5.75 Å². The second-order valence-corrected chi connectivity index (χ2v) is 13.2. The number of carbonyl (C=O) groups excluding carboxylic acids is 4. The van der Waals surface area contributed by atoms with Crippen LogP contribution < -0.4 is 15.4 Å². The van der Waals surface area contributed by atoms with Crippen LogP contribution >= 0.6 is 0 Å². The molecule has 0 radical (unpaired) electrons. The summed E-state index contributed by atoms with van der Waals surface area (Å²) < 4.78 is 32.8. The maximum Gasteiger partial charge on any atom is 0.255 e. The monoisotopic (exact) mass is 600 g/mol. The minimum Gasteiger partial charge on any atom is -0.490 e. The van der Waals surface area contributed by atoms with Gasteiger partial charge in [-0.15, -0.1) is 0 Å². The summed E-state index contributed by atoms with van der Waals surface area (Å²) in [5.41, 5.74) is 1.17. The van der Waals surface area contributed by atoms with Gasteiger partial charge in [-0.2, -0.15) is 0 Å². The van der Waals surface area contributed by atoms with Gasteiger partial charge in [-0.1, -0.05) is 0 Å². The predicted octanol–water partition coefficient (Wildman–Crippen LogP) is 3.65. The zero-order chi connectivity index (χ0) is 30.1. The molecular weight excluding hydrogens is 558 g/mol. The van der Waals surface area contributed by atoms with E-state index in [1.807, 2.05) is 0 Å². The number of rotatable bonds is 6. The van der Waals surface area contributed by atoms with Crippen LogP contribution in [0.1, 0.15) is 86.6 Å². The fourth-order valence-electron chi connectivity index (χ4n) is 7.01. The highest BCUT2D eigenvalue weighted by Gasteiger charge is 2.40. The minimum atomic E-state index is -2.70. The number of amides is 4. The lowest BCUT2D eigenvalue weighted by Crippen LogP contribution is -2.52. The summed E-state index contributed by atoms with van der Waals surface area (Å²) in [5, 5.41) is 5.61. The van der Waals surface area contributed by atoms with Crippen molar-refractivity contribution in [2.24, 2.45) is 17.8 Å². The van der Waals surface area contributed by atoms with Crippen LogP contribution in [0.4, 0.5) is 8.78 Å². The largest absolute Gasteiger partial charge is 0.490 e. The lowest BCUT2D eigenvalue weighted by atomic mass is 9.81. The van der Waals surface area contributed by atoms with E-state index in [1.165, 1.54) is 43.7 Å². The van der Waals surface area contributed by atoms with Crippen molar-refractivity contribution < 1.29 is 32.7 Å². The first-order chi connectivity index (χ1) is 20.6. The predicted molar refractivity (Wildman–Crippen MR) is 153 cm³/mol. The quantitative estimate of drug-likeness (QED) is 0.483. The maximum atomic E-state index is 13.6. The number of alkyl halides is 2. The number of fused-ring (bicyclic) bond motifs is 1. The Hall–Kier alpha value is -3.08. The molecule has 9 nitrogen and oxygen atoms in total. The summed E-state index contributed by atoms with van der Waals surface area (Å²) >= 11 is 0. The Morgan fingerprint density at radius 2 is 1.77 bits per heavy atom. The van der Waals surface area contributed by atoms with Crippen LogP contribution in [0.25, 0.3) is 0 Å². The fraction of sp³-hybridized carbons (Fsp3) is 0.688. The number of carbonyl (C=O) groups is 4. The van der Waals surface area contributed by atoms with E-state index < -0.39 is 24.0 Å². The van der Waals surface area contributed by atoms with Gasteiger partial charge in [-0.25, -0.2) is 8.78 Å². The van der Waals surface area contributed by atoms with Gasteiger partial charge in [0.15, 0.2) is 0 Å². The van der Waals surface area contributed by atoms with Crippen molar-refractivity contribution in [2.45, 2.75) is 95.2 Å². The highest BCUT2D eigenvalue weighted by atomic mass is 19.3. The van der Waals surface area contributed by atoms with Gasteiger partial charge in [0, 0.05) is 50.9 Å². The van der Waals surface area contributed by atoms with Gasteiger partial charge >= 0.3 is 0 Å². The summed E-state index contributed by atoms with van der Waals surface area (Å²) in [4.78, 5) is 51.5. The van der Waals surface area contributed by atoms with Gasteiger partial charge in [0.2, 0.25) is 17.7 Å². The molecule has 1 aromatic rings. The summed E-state index contributed by atoms with van der Waals surface area (Å²) in [5.74, 6) is -0.364. The van der Waals surface area contributed by atoms with Crippen LogP contribution in [0.2, 0.25) is 0 Å². The van der Waals surface area contributed by atoms with Crippen LogP contribution in [0, 0.1) is 17.8 Å². The standard InChI is InChI=1S/C19H20F2N2O4.C13H22N2O/c20-19(21)7-1-2-13(9-19)27-12-3-4-14-11(8-12)10-23(18(14)26)15-5-6-16(24)22-17(15)25;16-13(7-10-1-2-10)15-5-3-11(4-6-15)12-8-14-9-12/h3-4,8,13,15H,1-2,5-7,9-10H2,(H,22,24,25);10-12,14H,1-9H2. The molecule has 2 N–H and O–H groups in total. The third-order valence-corrected chi connectivity index (χ3v) is 9.92. The number of nitrogens with zero attached hydrogens (tertiary/aromatic N) is 2. The first-order valence-corrected chi connectivity index (χ1v) is 16.0. The molecule has 11 heteroatoms. The van der Waals surface area contributed by atoms with Crippen molar-refractivity contribution in [1.29, 1.82) is 0 Å². The van der Waals surface area contributed by atoms with E-state index in [2.05, 4.69) is 15.5 Å². The van der Waals surface area contributed by atoms with Crippen LogP contribution in [0.15, 0.2) is 18.2 Å². The molecule has 3 saturated heterocycles. The van der Waals surface area contributed by atoms with Crippen LogP contribution in [0.3, 0.4) is 0 Å². The average molecular weight is 601 g/mol. The summed E-state index contributed by atoms with van der Waals surface area (Å²) in [6, 6.07) is 4.23. The van der Waals surface area contributed by atoms with E-state index >= 15 is 0 Å². The van der Waals surface area contributed by atoms with E-state index in [0.29, 0.717) is 42.0 Å². The molecule has 0 spiro atoms. The number of hydrogen-bond acceptors (Lipinski definition) is 6. The molecule has 4 heterocycles. The van der Waals surface area contributed by atoms with Gasteiger partial charge in [-0.05, 0) is 99.6 Å². The van der Waals surface area contributed by atoms with E-state index in [9.17, 15) is 28.0 Å². The van der Waals surface area contributed by atoms with Crippen molar-refractivity contribution >= 4 is 23.6 Å². The Morgan fingerprint density at radius 3 is 2.42 bits per heavy atom. The molecule has 2 atom stereocenters. The highest BCUT2D eigenvalue weighted by Crippen LogP contribution is 2.37. The summed E-state index contributed by atoms with van der Waals surface area (Å²) in [6.45, 7) is 4.69. The molecule has 0 aromatic heterocycles. The maximum absolute atomic E-state index is 13.6. The van der Waals surface area contributed by atoms with Gasteiger partial charge < -0.3 is 19.9 Å². The number of halogens is 2. The van der Waals surface area contributed by atoms with Crippen molar-refractivity contribution in [3.8, 4) is 5.75 Å². The van der Waals surface area contributed by atoms with Crippen molar-refractivity contribution in [2.75, 3.05) is 26.2 Å². The molecule has 7 rings (SSSR count). The molecule has 5 fully saturated rings. The van der Waals surface area contributed by atoms with E-state index in [4.69, 9.17) is 4.74 Å². The van der Waals surface area contributed by atoms with E-state index in [-0.39, 0.29) is 37.6 Å². The second-order valence-electron chi connectivity index (χ2n) is 13.2. The SMILES string of the molecule is O=C(CC1CC1)N1CCC(C2CNC2)CC1.O=C1CCC(N2Cc3cc(OC4CCCC(F)(F)C4)ccc3C2=O)C(=O)N1. The summed E-state index contributed by atoms with van der Waals surface area (Å²) in [6.07, 6.45) is 6.42. The first-order valence-electron chi connectivity index (χ1n) is 16.0. The topological polar surface area (TPSA) is 108 Å². The number of imide groups is 1. The molecule has 43 heavy (non-hydrogen) atoms. The molecule has 1 aromatic carbocycles. The Labute approximate surface area is 251 Å². The van der Waals surface area contributed by atoms with Gasteiger partial charge in [-0.3, -0.25) is 24.5 Å². The first kappa shape index (κ1) is 30.0. The third-order valence-electron chi connectivity index (χ3n) is 9.92. The Bertz CT molecular complexity index is 1240. The number of hydrogen-bond donors (Lipinski definition) is 2. The van der Waals surface area contributed by atoms with Crippen LogP contribution in [-0.2, 0) is 20.9 Å². The number of likely N-dealkylation sites (tertiary alicyclic amines) is 1. The molecule has 4 amide bonds. The average Bonchev–Trinajstić information content (AvgIpc) is 3.69. The van der Waals surface area contributed by atoms with Crippen molar-refractivity contribution in [3.63, 3.8) is 0 Å². The smallest absolute Gasteiger partial charge is 0.255 e. The summed E-state index contributed by atoms with van der Waals surface area (Å²) in [7, 11) is 0. The second kappa shape index (κ2) is 12.5. The normalized spacial score (nSPS) is 27.5. The molecule has 2 unspecified atom stereocenters. The zero-order valence-corrected chi connectivity index (χ0v) is 24.6. The van der Waals surface area contributed by atoms with E-state index in [1.54, 1.807) is 18.2 Å². The number of ether oxygens (including phenoxy) is 1. The van der Waals surface area contributed by atoms with Crippen molar-refractivity contribution in [3.05, 3.63) is 29.3 Å². The Morgan fingerprint density at radius 1 is 1.00 bits per heavy atom. The Kier molecular flexibility index (Phi) is 8.71. The van der Waals surface area contributed by atoms with Crippen molar-refractivity contribution in [1.82, 2.24) is 20.4 Å². The van der Waals surface area contributed by atoms with Gasteiger partial charge in [0.05, 0.1) is 0 Å². The molecule has 6 aliphatic rings. The lowest BCUT2D eigenvalue weighted by Gasteiger charge is -2.40. The fourth-order valence-corrected chi connectivity index (χ4v) is 7.01. The number of nitrogens with one attached hydrogen (secondary N) is 2.